The fraction of sp³-hybridized carbons (Fsp3) is 0.846. The molecule has 0 aromatic carbocycles. The first-order chi connectivity index (χ1) is 8.42. The molecule has 5 heteroatoms. The van der Waals surface area contributed by atoms with Crippen LogP contribution in [0.2, 0.25) is 0 Å². The molecule has 18 heavy (non-hydrogen) atoms. The summed E-state index contributed by atoms with van der Waals surface area (Å²) in [4.78, 5) is 24.2. The van der Waals surface area contributed by atoms with E-state index < -0.39 is 12.6 Å². The molecule has 0 aliphatic heterocycles. The van der Waals surface area contributed by atoms with Crippen LogP contribution < -0.4 is 0 Å². The summed E-state index contributed by atoms with van der Waals surface area (Å²) in [7, 11) is 0. The fourth-order valence-electron chi connectivity index (χ4n) is 1.89. The van der Waals surface area contributed by atoms with Crippen LogP contribution in [0.4, 0.5) is 0 Å². The van der Waals surface area contributed by atoms with Crippen LogP contribution in [0.3, 0.4) is 0 Å². The number of carboxylic acids is 1. The van der Waals surface area contributed by atoms with E-state index in [-0.39, 0.29) is 18.6 Å². The molecule has 0 heterocycles. The molecule has 0 spiro atoms. The van der Waals surface area contributed by atoms with Crippen molar-refractivity contribution < 1.29 is 19.4 Å². The zero-order valence-electron chi connectivity index (χ0n) is 11.8. The van der Waals surface area contributed by atoms with Gasteiger partial charge in [0, 0.05) is 12.6 Å². The molecule has 0 atom stereocenters. The number of carbonyl (C=O) groups excluding carboxylic acids is 1. The summed E-state index contributed by atoms with van der Waals surface area (Å²) in [5.41, 5.74) is 0. The number of hydrogen-bond acceptors (Lipinski definition) is 3. The predicted molar refractivity (Wildman–Crippen MR) is 69.4 cm³/mol. The van der Waals surface area contributed by atoms with E-state index in [2.05, 4.69) is 13.8 Å². The molecular formula is C13H25NO4. The Bertz CT molecular complexity index is 262. The first-order valence-corrected chi connectivity index (χ1v) is 6.51. The van der Waals surface area contributed by atoms with Crippen molar-refractivity contribution in [1.82, 2.24) is 4.90 Å². The molecule has 0 aromatic heterocycles. The van der Waals surface area contributed by atoms with Crippen LogP contribution in [0, 0.1) is 5.92 Å². The zero-order chi connectivity index (χ0) is 14.1. The SMILES string of the molecule is CCC(CC)N(CC(C)C)C(=O)COCC(=O)O. The van der Waals surface area contributed by atoms with Crippen LogP contribution >= 0.6 is 0 Å². The molecule has 0 aliphatic rings. The maximum Gasteiger partial charge on any atom is 0.329 e. The van der Waals surface area contributed by atoms with Crippen molar-refractivity contribution in [3.05, 3.63) is 0 Å². The first kappa shape index (κ1) is 16.9. The number of carboxylic acid groups (broad SMARTS) is 1. The van der Waals surface area contributed by atoms with E-state index in [1.54, 1.807) is 0 Å². The van der Waals surface area contributed by atoms with Gasteiger partial charge in [-0.2, -0.15) is 0 Å². The minimum absolute atomic E-state index is 0.126. The van der Waals surface area contributed by atoms with Crippen LogP contribution in [0.1, 0.15) is 40.5 Å². The number of carbonyl (C=O) groups is 2. The minimum atomic E-state index is -1.05. The van der Waals surface area contributed by atoms with E-state index in [4.69, 9.17) is 9.84 Å². The molecule has 106 valence electrons. The highest BCUT2D eigenvalue weighted by Gasteiger charge is 2.22. The maximum absolute atomic E-state index is 12.0. The third kappa shape index (κ3) is 6.59. The molecule has 0 unspecified atom stereocenters. The van der Waals surface area contributed by atoms with Crippen molar-refractivity contribution >= 4 is 11.9 Å². The molecule has 0 fully saturated rings. The van der Waals surface area contributed by atoms with Gasteiger partial charge >= 0.3 is 5.97 Å². The first-order valence-electron chi connectivity index (χ1n) is 6.51. The van der Waals surface area contributed by atoms with Crippen molar-refractivity contribution in [3.63, 3.8) is 0 Å². The Kier molecular flexibility index (Phi) is 8.37. The Balaban J connectivity index is 4.43. The van der Waals surface area contributed by atoms with Gasteiger partial charge in [-0.1, -0.05) is 27.7 Å². The van der Waals surface area contributed by atoms with Crippen molar-refractivity contribution in [2.24, 2.45) is 5.92 Å². The molecule has 0 radical (unpaired) electrons. The summed E-state index contributed by atoms with van der Waals surface area (Å²) in [6.45, 7) is 8.31. The molecule has 0 bridgehead atoms. The van der Waals surface area contributed by atoms with Crippen molar-refractivity contribution in [1.29, 1.82) is 0 Å². The summed E-state index contributed by atoms with van der Waals surface area (Å²) >= 11 is 0. The van der Waals surface area contributed by atoms with Gasteiger partial charge in [0.05, 0.1) is 0 Å². The van der Waals surface area contributed by atoms with Gasteiger partial charge in [-0.3, -0.25) is 4.79 Å². The lowest BCUT2D eigenvalue weighted by Gasteiger charge is -2.32. The quantitative estimate of drug-likeness (QED) is 0.685. The molecule has 0 saturated heterocycles. The summed E-state index contributed by atoms with van der Waals surface area (Å²) in [5.74, 6) is -0.798. The number of amides is 1. The highest BCUT2D eigenvalue weighted by molar-refractivity contribution is 5.78. The second-order valence-electron chi connectivity index (χ2n) is 4.80. The Morgan fingerprint density at radius 3 is 2.11 bits per heavy atom. The highest BCUT2D eigenvalue weighted by Crippen LogP contribution is 2.12. The molecule has 1 amide bonds. The smallest absolute Gasteiger partial charge is 0.329 e. The van der Waals surface area contributed by atoms with Gasteiger partial charge in [0.15, 0.2) is 0 Å². The van der Waals surface area contributed by atoms with E-state index in [0.717, 1.165) is 12.8 Å². The Hall–Kier alpha value is -1.10. The van der Waals surface area contributed by atoms with Crippen molar-refractivity contribution in [3.8, 4) is 0 Å². The van der Waals surface area contributed by atoms with Crippen LogP contribution in [-0.4, -0.2) is 47.7 Å². The lowest BCUT2D eigenvalue weighted by atomic mass is 10.1. The van der Waals surface area contributed by atoms with Crippen LogP contribution in [0.25, 0.3) is 0 Å². The van der Waals surface area contributed by atoms with E-state index in [9.17, 15) is 9.59 Å². The summed E-state index contributed by atoms with van der Waals surface area (Å²) in [6, 6.07) is 0.202. The lowest BCUT2D eigenvalue weighted by Crippen LogP contribution is -2.44. The largest absolute Gasteiger partial charge is 0.480 e. The molecule has 5 nitrogen and oxygen atoms in total. The molecule has 1 N–H and O–H groups in total. The minimum Gasteiger partial charge on any atom is -0.480 e. The fourth-order valence-corrected chi connectivity index (χ4v) is 1.89. The van der Waals surface area contributed by atoms with Crippen LogP contribution in [0.15, 0.2) is 0 Å². The summed E-state index contributed by atoms with van der Waals surface area (Å²) < 4.78 is 4.87. The lowest BCUT2D eigenvalue weighted by molar-refractivity contribution is -0.147. The van der Waals surface area contributed by atoms with E-state index in [0.29, 0.717) is 12.5 Å². The number of hydrogen-bond donors (Lipinski definition) is 1. The molecule has 0 aliphatic carbocycles. The van der Waals surface area contributed by atoms with Gasteiger partial charge in [0.1, 0.15) is 13.2 Å². The Morgan fingerprint density at radius 1 is 1.17 bits per heavy atom. The zero-order valence-corrected chi connectivity index (χ0v) is 11.8. The summed E-state index contributed by atoms with van der Waals surface area (Å²) in [6.07, 6.45) is 1.79. The monoisotopic (exact) mass is 259 g/mol. The molecule has 0 aromatic rings. The van der Waals surface area contributed by atoms with E-state index >= 15 is 0 Å². The topological polar surface area (TPSA) is 66.8 Å². The van der Waals surface area contributed by atoms with Gasteiger partial charge in [0.25, 0.3) is 0 Å². The number of nitrogens with zero attached hydrogens (tertiary/aromatic N) is 1. The standard InChI is InChI=1S/C13H25NO4/c1-5-11(6-2)14(7-10(3)4)12(15)8-18-9-13(16)17/h10-11H,5-9H2,1-4H3,(H,16,17). The van der Waals surface area contributed by atoms with Gasteiger partial charge in [0.2, 0.25) is 5.91 Å². The van der Waals surface area contributed by atoms with Crippen molar-refractivity contribution in [2.45, 2.75) is 46.6 Å². The normalized spacial score (nSPS) is 11.0. The Morgan fingerprint density at radius 2 is 1.72 bits per heavy atom. The second-order valence-corrected chi connectivity index (χ2v) is 4.80. The number of rotatable bonds is 9. The van der Waals surface area contributed by atoms with E-state index in [1.807, 2.05) is 18.7 Å². The number of aliphatic carboxylic acids is 1. The third-order valence-electron chi connectivity index (χ3n) is 2.72. The predicted octanol–water partition coefficient (Wildman–Crippen LogP) is 1.76. The summed E-state index contributed by atoms with van der Waals surface area (Å²) in [5, 5.41) is 8.46. The van der Waals surface area contributed by atoms with Crippen molar-refractivity contribution in [2.75, 3.05) is 19.8 Å². The third-order valence-corrected chi connectivity index (χ3v) is 2.72. The van der Waals surface area contributed by atoms with Crippen LogP contribution in [-0.2, 0) is 14.3 Å². The second kappa shape index (κ2) is 8.91. The highest BCUT2D eigenvalue weighted by atomic mass is 16.5. The average molecular weight is 259 g/mol. The van der Waals surface area contributed by atoms with Crippen LogP contribution in [0.5, 0.6) is 0 Å². The van der Waals surface area contributed by atoms with Gasteiger partial charge in [-0.15, -0.1) is 0 Å². The molecular weight excluding hydrogens is 234 g/mol. The van der Waals surface area contributed by atoms with Gasteiger partial charge < -0.3 is 14.7 Å². The van der Waals surface area contributed by atoms with Gasteiger partial charge in [-0.25, -0.2) is 4.79 Å². The van der Waals surface area contributed by atoms with Gasteiger partial charge in [-0.05, 0) is 18.8 Å². The molecule has 0 rings (SSSR count). The Labute approximate surface area is 109 Å². The maximum atomic E-state index is 12.0. The average Bonchev–Trinajstić information content (AvgIpc) is 2.28. The number of ether oxygens (including phenoxy) is 1. The molecule has 0 saturated carbocycles. The van der Waals surface area contributed by atoms with E-state index in [1.165, 1.54) is 0 Å².